The van der Waals surface area contributed by atoms with E-state index in [-0.39, 0.29) is 16.4 Å². The zero-order valence-corrected chi connectivity index (χ0v) is 17.3. The van der Waals surface area contributed by atoms with Gasteiger partial charge >= 0.3 is 5.97 Å². The molecule has 0 atom stereocenters. The van der Waals surface area contributed by atoms with Gasteiger partial charge in [-0.05, 0) is 25.0 Å². The van der Waals surface area contributed by atoms with Gasteiger partial charge in [0.1, 0.15) is 16.4 Å². The van der Waals surface area contributed by atoms with E-state index in [1.807, 2.05) is 11.6 Å². The Morgan fingerprint density at radius 2 is 1.61 bits per heavy atom. The summed E-state index contributed by atoms with van der Waals surface area (Å²) in [5.41, 5.74) is 4.95. The van der Waals surface area contributed by atoms with Gasteiger partial charge in [0.2, 0.25) is 0 Å². The lowest BCUT2D eigenvalue weighted by Gasteiger charge is -2.39. The average Bonchev–Trinajstić information content (AvgIpc) is 3.15. The van der Waals surface area contributed by atoms with Crippen LogP contribution in [-0.4, -0.2) is 26.0 Å². The predicted molar refractivity (Wildman–Crippen MR) is 111 cm³/mol. The van der Waals surface area contributed by atoms with Crippen LogP contribution in [0.3, 0.4) is 0 Å². The molecule has 0 aliphatic heterocycles. The summed E-state index contributed by atoms with van der Waals surface area (Å²) >= 11 is 1.52. The number of thiazole rings is 1. The molecule has 1 N–H and O–H groups in total. The summed E-state index contributed by atoms with van der Waals surface area (Å²) in [4.78, 5) is 25.5. The highest BCUT2D eigenvalue weighted by molar-refractivity contribution is 7.13. The fourth-order valence-electron chi connectivity index (χ4n) is 3.62. The molecular weight excluding hydrogens is 370 g/mol. The minimum absolute atomic E-state index is 0.000617. The van der Waals surface area contributed by atoms with Crippen LogP contribution in [0.5, 0.6) is 0 Å². The maximum Gasteiger partial charge on any atom is 0.335 e. The molecule has 2 heterocycles. The first-order chi connectivity index (χ1) is 13.2. The molecule has 28 heavy (non-hydrogen) atoms. The van der Waals surface area contributed by atoms with E-state index in [2.05, 4.69) is 27.7 Å². The molecule has 0 amide bonds. The van der Waals surface area contributed by atoms with Crippen molar-refractivity contribution < 1.29 is 9.90 Å². The standard InChI is InChI=1S/C22H23N3O2S/c1-21(2)9-10-22(3,4)18-17(21)23-11-15(24-18)16-12-28-19(25-16)13-5-7-14(8-6-13)20(26)27/h5-8,11-12H,9-10H2,1-4H3,(H,26,27). The van der Waals surface area contributed by atoms with Gasteiger partial charge in [-0.1, -0.05) is 39.8 Å². The summed E-state index contributed by atoms with van der Waals surface area (Å²) in [7, 11) is 0. The molecule has 3 aromatic rings. The Morgan fingerprint density at radius 3 is 2.25 bits per heavy atom. The number of nitrogens with zero attached hydrogens (tertiary/aromatic N) is 3. The van der Waals surface area contributed by atoms with Crippen molar-refractivity contribution in [3.63, 3.8) is 0 Å². The number of carboxylic acid groups (broad SMARTS) is 1. The van der Waals surface area contributed by atoms with E-state index < -0.39 is 5.97 Å². The summed E-state index contributed by atoms with van der Waals surface area (Å²) in [5, 5.41) is 11.9. The number of rotatable bonds is 3. The highest BCUT2D eigenvalue weighted by Crippen LogP contribution is 2.44. The number of hydrogen-bond donors (Lipinski definition) is 1. The number of benzene rings is 1. The van der Waals surface area contributed by atoms with Gasteiger partial charge in [-0.2, -0.15) is 0 Å². The van der Waals surface area contributed by atoms with Crippen LogP contribution in [0.4, 0.5) is 0 Å². The molecule has 0 fully saturated rings. The molecule has 2 aromatic heterocycles. The first-order valence-corrected chi connectivity index (χ1v) is 10.2. The van der Waals surface area contributed by atoms with Crippen molar-refractivity contribution in [1.82, 2.24) is 15.0 Å². The monoisotopic (exact) mass is 393 g/mol. The second-order valence-corrected chi connectivity index (χ2v) is 9.50. The maximum absolute atomic E-state index is 11.0. The van der Waals surface area contributed by atoms with E-state index in [0.29, 0.717) is 0 Å². The molecule has 4 rings (SSSR count). The minimum Gasteiger partial charge on any atom is -0.478 e. The van der Waals surface area contributed by atoms with E-state index in [0.717, 1.165) is 46.2 Å². The number of hydrogen-bond acceptors (Lipinski definition) is 5. The minimum atomic E-state index is -0.929. The molecule has 0 saturated heterocycles. The summed E-state index contributed by atoms with van der Waals surface area (Å²) in [6, 6.07) is 6.77. The molecule has 6 heteroatoms. The van der Waals surface area contributed by atoms with Crippen molar-refractivity contribution in [2.24, 2.45) is 0 Å². The van der Waals surface area contributed by atoms with E-state index in [1.165, 1.54) is 11.3 Å². The Morgan fingerprint density at radius 1 is 0.964 bits per heavy atom. The number of aromatic carboxylic acids is 1. The molecular formula is C22H23N3O2S. The Kier molecular flexibility index (Phi) is 4.34. The lowest BCUT2D eigenvalue weighted by atomic mass is 9.67. The third-order valence-electron chi connectivity index (χ3n) is 5.58. The van der Waals surface area contributed by atoms with Crippen molar-refractivity contribution >= 4 is 17.3 Å². The van der Waals surface area contributed by atoms with E-state index in [4.69, 9.17) is 20.1 Å². The van der Waals surface area contributed by atoms with Crippen LogP contribution in [0.1, 0.15) is 62.3 Å². The van der Waals surface area contributed by atoms with Crippen LogP contribution in [0.2, 0.25) is 0 Å². The molecule has 1 aliphatic rings. The second kappa shape index (κ2) is 6.48. The zero-order valence-electron chi connectivity index (χ0n) is 16.5. The molecule has 5 nitrogen and oxygen atoms in total. The Hall–Kier alpha value is -2.60. The van der Waals surface area contributed by atoms with E-state index in [1.54, 1.807) is 24.3 Å². The normalized spacial score (nSPS) is 17.1. The largest absolute Gasteiger partial charge is 0.478 e. The molecule has 0 saturated carbocycles. The number of carbonyl (C=O) groups is 1. The van der Waals surface area contributed by atoms with Crippen LogP contribution >= 0.6 is 11.3 Å². The number of aromatic nitrogens is 3. The van der Waals surface area contributed by atoms with Crippen LogP contribution in [0.25, 0.3) is 22.0 Å². The van der Waals surface area contributed by atoms with Gasteiger partial charge in [-0.3, -0.25) is 4.98 Å². The van der Waals surface area contributed by atoms with Crippen molar-refractivity contribution in [2.45, 2.75) is 51.4 Å². The van der Waals surface area contributed by atoms with Gasteiger partial charge < -0.3 is 5.11 Å². The van der Waals surface area contributed by atoms with Crippen molar-refractivity contribution in [2.75, 3.05) is 0 Å². The second-order valence-electron chi connectivity index (χ2n) is 8.64. The smallest absolute Gasteiger partial charge is 0.335 e. The molecule has 144 valence electrons. The van der Waals surface area contributed by atoms with Crippen molar-refractivity contribution in [1.29, 1.82) is 0 Å². The van der Waals surface area contributed by atoms with Crippen molar-refractivity contribution in [3.8, 4) is 22.0 Å². The Labute approximate surface area is 168 Å². The number of fused-ring (bicyclic) bond motifs is 1. The van der Waals surface area contributed by atoms with Crippen molar-refractivity contribution in [3.05, 3.63) is 52.8 Å². The van der Waals surface area contributed by atoms with Gasteiger partial charge in [-0.25, -0.2) is 14.8 Å². The van der Waals surface area contributed by atoms with Gasteiger partial charge in [-0.15, -0.1) is 11.3 Å². The first-order valence-electron chi connectivity index (χ1n) is 9.35. The highest BCUT2D eigenvalue weighted by Gasteiger charge is 2.39. The highest BCUT2D eigenvalue weighted by atomic mass is 32.1. The van der Waals surface area contributed by atoms with Crippen LogP contribution in [0.15, 0.2) is 35.8 Å². The topological polar surface area (TPSA) is 76.0 Å². The maximum atomic E-state index is 11.0. The third-order valence-corrected chi connectivity index (χ3v) is 6.47. The predicted octanol–water partition coefficient (Wildman–Crippen LogP) is 5.31. The molecule has 0 radical (unpaired) electrons. The summed E-state index contributed by atoms with van der Waals surface area (Å²) in [5.74, 6) is -0.929. The number of carboxylic acids is 1. The first kappa shape index (κ1) is 18.7. The summed E-state index contributed by atoms with van der Waals surface area (Å²) in [6.45, 7) is 8.93. The molecule has 0 spiro atoms. The van der Waals surface area contributed by atoms with Gasteiger partial charge in [0.05, 0.1) is 23.1 Å². The fourth-order valence-corrected chi connectivity index (χ4v) is 4.44. The van der Waals surface area contributed by atoms with Crippen LogP contribution in [0, 0.1) is 0 Å². The zero-order chi connectivity index (χ0) is 20.1. The van der Waals surface area contributed by atoms with E-state index in [9.17, 15) is 4.79 Å². The SMILES string of the molecule is CC1(C)CCC(C)(C)c2nc(-c3csc(-c4ccc(C(=O)O)cc4)n3)cnc21. The van der Waals surface area contributed by atoms with Gasteiger partial charge in [0, 0.05) is 21.8 Å². The average molecular weight is 394 g/mol. The molecule has 0 unspecified atom stereocenters. The molecule has 0 bridgehead atoms. The van der Waals surface area contributed by atoms with Crippen LogP contribution in [-0.2, 0) is 10.8 Å². The Bertz CT molecular complexity index is 1050. The fraction of sp³-hybridized carbons (Fsp3) is 0.364. The summed E-state index contributed by atoms with van der Waals surface area (Å²) < 4.78 is 0. The lowest BCUT2D eigenvalue weighted by molar-refractivity contribution is 0.0697. The quantitative estimate of drug-likeness (QED) is 0.652. The molecule has 1 aliphatic carbocycles. The van der Waals surface area contributed by atoms with Gasteiger partial charge in [0.15, 0.2) is 0 Å². The summed E-state index contributed by atoms with van der Waals surface area (Å²) in [6.07, 6.45) is 4.02. The van der Waals surface area contributed by atoms with Gasteiger partial charge in [0.25, 0.3) is 0 Å². The molecule has 1 aromatic carbocycles. The Balaban J connectivity index is 1.71. The third kappa shape index (κ3) is 3.22. The van der Waals surface area contributed by atoms with Crippen LogP contribution < -0.4 is 0 Å². The van der Waals surface area contributed by atoms with E-state index >= 15 is 0 Å². The lowest BCUT2D eigenvalue weighted by Crippen LogP contribution is -2.36.